The molecule has 2 aromatic rings. The van der Waals surface area contributed by atoms with E-state index >= 15 is 0 Å². The predicted molar refractivity (Wildman–Crippen MR) is 86.6 cm³/mol. The molecular weight excluding hydrogens is 286 g/mol. The lowest BCUT2D eigenvalue weighted by Gasteiger charge is -2.15. The third kappa shape index (κ3) is 3.90. The highest BCUT2D eigenvalue weighted by atomic mass is 35.5. The van der Waals surface area contributed by atoms with Crippen molar-refractivity contribution in [2.24, 2.45) is 0 Å². The molecule has 112 valence electrons. The van der Waals surface area contributed by atoms with E-state index < -0.39 is 0 Å². The highest BCUT2D eigenvalue weighted by Gasteiger charge is 2.12. The van der Waals surface area contributed by atoms with Gasteiger partial charge in [-0.1, -0.05) is 36.7 Å². The molecule has 0 saturated carbocycles. The van der Waals surface area contributed by atoms with Gasteiger partial charge in [-0.3, -0.25) is 0 Å². The van der Waals surface area contributed by atoms with Crippen LogP contribution in [-0.4, -0.2) is 13.7 Å². The number of aryl methyl sites for hydroxylation is 1. The van der Waals surface area contributed by atoms with E-state index in [0.29, 0.717) is 28.8 Å². The van der Waals surface area contributed by atoms with Crippen LogP contribution in [0.4, 0.5) is 0 Å². The molecule has 0 aromatic heterocycles. The van der Waals surface area contributed by atoms with Crippen LogP contribution >= 0.6 is 11.6 Å². The number of rotatable bonds is 6. The van der Waals surface area contributed by atoms with E-state index in [9.17, 15) is 0 Å². The van der Waals surface area contributed by atoms with Crippen LogP contribution in [0.1, 0.15) is 18.1 Å². The van der Waals surface area contributed by atoms with Crippen LogP contribution in [0.15, 0.2) is 36.4 Å². The molecule has 21 heavy (non-hydrogen) atoms. The van der Waals surface area contributed by atoms with Crippen LogP contribution in [0, 0.1) is 6.92 Å². The molecule has 0 spiro atoms. The zero-order valence-corrected chi connectivity index (χ0v) is 13.3. The fourth-order valence-corrected chi connectivity index (χ4v) is 2.27. The van der Waals surface area contributed by atoms with E-state index in [4.69, 9.17) is 21.1 Å². The van der Waals surface area contributed by atoms with Gasteiger partial charge >= 0.3 is 0 Å². The lowest BCUT2D eigenvalue weighted by molar-refractivity contribution is 0.377. The van der Waals surface area contributed by atoms with Crippen LogP contribution in [0.5, 0.6) is 17.2 Å². The molecule has 0 aliphatic carbocycles. The number of nitrogens with one attached hydrogen (secondary N) is 1. The summed E-state index contributed by atoms with van der Waals surface area (Å²) in [5, 5.41) is 3.88. The zero-order chi connectivity index (χ0) is 15.2. The molecule has 0 amide bonds. The standard InChI is InChI=1S/C17H20ClNO2/c1-4-19-11-13-6-5-7-14(18)17(13)21-15-9-8-12(2)10-16(15)20-3/h5-10,19H,4,11H2,1-3H3. The van der Waals surface area contributed by atoms with Crippen LogP contribution in [0.3, 0.4) is 0 Å². The van der Waals surface area contributed by atoms with Gasteiger partial charge in [0.15, 0.2) is 17.2 Å². The van der Waals surface area contributed by atoms with Gasteiger partial charge in [0.1, 0.15) is 0 Å². The number of halogens is 1. The average molecular weight is 306 g/mol. The van der Waals surface area contributed by atoms with Crippen LogP contribution < -0.4 is 14.8 Å². The molecule has 2 rings (SSSR count). The second-order valence-electron chi connectivity index (χ2n) is 4.76. The Hall–Kier alpha value is -1.71. The molecule has 4 heteroatoms. The molecule has 2 aromatic carbocycles. The van der Waals surface area contributed by atoms with Crippen molar-refractivity contribution in [1.29, 1.82) is 0 Å². The third-order valence-electron chi connectivity index (χ3n) is 3.15. The van der Waals surface area contributed by atoms with Crippen molar-refractivity contribution in [3.63, 3.8) is 0 Å². The summed E-state index contributed by atoms with van der Waals surface area (Å²) in [5.41, 5.74) is 2.14. The van der Waals surface area contributed by atoms with Gasteiger partial charge in [0.05, 0.1) is 12.1 Å². The van der Waals surface area contributed by atoms with Crippen molar-refractivity contribution in [2.75, 3.05) is 13.7 Å². The number of hydrogen-bond acceptors (Lipinski definition) is 3. The second-order valence-corrected chi connectivity index (χ2v) is 5.17. The first-order chi connectivity index (χ1) is 10.2. The van der Waals surface area contributed by atoms with Gasteiger partial charge in [0, 0.05) is 12.1 Å². The van der Waals surface area contributed by atoms with E-state index in [2.05, 4.69) is 12.2 Å². The Bertz CT molecular complexity index is 614. The molecule has 3 nitrogen and oxygen atoms in total. The molecule has 0 unspecified atom stereocenters. The molecule has 0 aliphatic rings. The zero-order valence-electron chi connectivity index (χ0n) is 12.6. The normalized spacial score (nSPS) is 10.5. The minimum absolute atomic E-state index is 0.591. The molecule has 0 heterocycles. The van der Waals surface area contributed by atoms with Crippen LogP contribution in [0.2, 0.25) is 5.02 Å². The molecule has 0 aliphatic heterocycles. The molecule has 1 N–H and O–H groups in total. The molecule has 0 fully saturated rings. The van der Waals surface area contributed by atoms with Gasteiger partial charge in [-0.25, -0.2) is 0 Å². The Morgan fingerprint density at radius 1 is 1.14 bits per heavy atom. The minimum atomic E-state index is 0.591. The fraction of sp³-hybridized carbons (Fsp3) is 0.294. The number of benzene rings is 2. The first-order valence-corrected chi connectivity index (χ1v) is 7.34. The summed E-state index contributed by atoms with van der Waals surface area (Å²) in [6, 6.07) is 11.6. The maximum Gasteiger partial charge on any atom is 0.169 e. The second kappa shape index (κ2) is 7.34. The fourth-order valence-electron chi connectivity index (χ4n) is 2.04. The SMILES string of the molecule is CCNCc1cccc(Cl)c1Oc1ccc(C)cc1OC. The monoisotopic (exact) mass is 305 g/mol. The number of methoxy groups -OCH3 is 1. The first kappa shape index (κ1) is 15.7. The average Bonchev–Trinajstić information content (AvgIpc) is 2.49. The smallest absolute Gasteiger partial charge is 0.169 e. The van der Waals surface area contributed by atoms with Crippen LogP contribution in [-0.2, 0) is 6.54 Å². The molecule has 0 saturated heterocycles. The van der Waals surface area contributed by atoms with Crippen molar-refractivity contribution >= 4 is 11.6 Å². The summed E-state index contributed by atoms with van der Waals surface area (Å²) in [7, 11) is 1.63. The van der Waals surface area contributed by atoms with Crippen molar-refractivity contribution in [3.8, 4) is 17.2 Å². The first-order valence-electron chi connectivity index (χ1n) is 6.96. The Morgan fingerprint density at radius 2 is 1.95 bits per heavy atom. The summed E-state index contributed by atoms with van der Waals surface area (Å²) in [6.07, 6.45) is 0. The van der Waals surface area contributed by atoms with Gasteiger partial charge in [0.2, 0.25) is 0 Å². The Morgan fingerprint density at radius 3 is 2.67 bits per heavy atom. The lowest BCUT2D eigenvalue weighted by Crippen LogP contribution is -2.12. The molecule has 0 bridgehead atoms. The highest BCUT2D eigenvalue weighted by Crippen LogP contribution is 2.37. The minimum Gasteiger partial charge on any atom is -0.493 e. The largest absolute Gasteiger partial charge is 0.493 e. The molecule has 0 radical (unpaired) electrons. The molecular formula is C17H20ClNO2. The van der Waals surface area contributed by atoms with E-state index in [1.54, 1.807) is 7.11 Å². The predicted octanol–water partition coefficient (Wildman–Crippen LogP) is 4.56. The molecule has 0 atom stereocenters. The topological polar surface area (TPSA) is 30.5 Å². The van der Waals surface area contributed by atoms with Gasteiger partial charge in [0.25, 0.3) is 0 Å². The summed E-state index contributed by atoms with van der Waals surface area (Å²) in [5.74, 6) is 2.03. The van der Waals surface area contributed by atoms with Crippen molar-refractivity contribution in [3.05, 3.63) is 52.5 Å². The maximum absolute atomic E-state index is 6.29. The summed E-state index contributed by atoms with van der Waals surface area (Å²) in [4.78, 5) is 0. The summed E-state index contributed by atoms with van der Waals surface area (Å²) >= 11 is 6.29. The third-order valence-corrected chi connectivity index (χ3v) is 3.44. The van der Waals surface area contributed by atoms with Gasteiger partial charge < -0.3 is 14.8 Å². The number of hydrogen-bond donors (Lipinski definition) is 1. The van der Waals surface area contributed by atoms with Gasteiger partial charge in [-0.05, 0) is 37.2 Å². The van der Waals surface area contributed by atoms with Crippen LogP contribution in [0.25, 0.3) is 0 Å². The lowest BCUT2D eigenvalue weighted by atomic mass is 10.2. The quantitative estimate of drug-likeness (QED) is 0.848. The van der Waals surface area contributed by atoms with E-state index in [1.165, 1.54) is 0 Å². The van der Waals surface area contributed by atoms with E-state index in [-0.39, 0.29) is 0 Å². The van der Waals surface area contributed by atoms with E-state index in [1.807, 2.05) is 43.3 Å². The summed E-state index contributed by atoms with van der Waals surface area (Å²) < 4.78 is 11.4. The van der Waals surface area contributed by atoms with E-state index in [0.717, 1.165) is 17.7 Å². The number of para-hydroxylation sites is 1. The van der Waals surface area contributed by atoms with Crippen molar-refractivity contribution < 1.29 is 9.47 Å². The van der Waals surface area contributed by atoms with Crippen molar-refractivity contribution in [2.45, 2.75) is 20.4 Å². The van der Waals surface area contributed by atoms with Gasteiger partial charge in [-0.15, -0.1) is 0 Å². The highest BCUT2D eigenvalue weighted by molar-refractivity contribution is 6.32. The Labute approximate surface area is 130 Å². The number of ether oxygens (including phenoxy) is 2. The maximum atomic E-state index is 6.29. The Balaban J connectivity index is 2.34. The Kier molecular flexibility index (Phi) is 5.48. The summed E-state index contributed by atoms with van der Waals surface area (Å²) in [6.45, 7) is 5.67. The van der Waals surface area contributed by atoms with Gasteiger partial charge in [-0.2, -0.15) is 0 Å². The van der Waals surface area contributed by atoms with Crippen molar-refractivity contribution in [1.82, 2.24) is 5.32 Å².